The smallest absolute Gasteiger partial charge is 0.248 e. The third kappa shape index (κ3) is 7.60. The molecule has 0 saturated heterocycles. The fraction of sp³-hybridized carbons (Fsp3) is 0.226. The zero-order chi connectivity index (χ0) is 26.9. The van der Waals surface area contributed by atoms with Crippen LogP contribution in [0.1, 0.15) is 38.4 Å². The highest BCUT2D eigenvalue weighted by Crippen LogP contribution is 2.24. The van der Waals surface area contributed by atoms with Gasteiger partial charge in [0.15, 0.2) is 10.6 Å². The Morgan fingerprint density at radius 2 is 1.84 bits per heavy atom. The van der Waals surface area contributed by atoms with Crippen LogP contribution in [0, 0.1) is 0 Å². The fourth-order valence-electron chi connectivity index (χ4n) is 3.99. The molecule has 4 aromatic rings. The van der Waals surface area contributed by atoms with Crippen LogP contribution in [0.15, 0.2) is 96.3 Å². The minimum absolute atomic E-state index is 0.133. The SMILES string of the molecule is CCCn1cncc1C[S@+]([O-])c1ccc(NC(=O)/C=C/c2cccc(-c3ccc(OC(C)C)cc3)c2)cc1. The van der Waals surface area contributed by atoms with E-state index in [0.29, 0.717) is 16.3 Å². The highest BCUT2D eigenvalue weighted by atomic mass is 32.2. The predicted molar refractivity (Wildman–Crippen MR) is 154 cm³/mol. The number of amides is 1. The first kappa shape index (κ1) is 27.2. The summed E-state index contributed by atoms with van der Waals surface area (Å²) in [4.78, 5) is 17.4. The number of nitrogens with one attached hydrogen (secondary N) is 1. The summed E-state index contributed by atoms with van der Waals surface area (Å²) in [5.74, 6) is 1.02. The standard InChI is InChI=1S/C31H33N3O3S/c1-4-18-34-22-32-20-28(34)21-38(36)30-15-11-27(12-16-30)33-31(35)17-8-24-6-5-7-26(19-24)25-9-13-29(14-10-25)37-23(2)3/h5-17,19-20,22-23H,4,18,21H2,1-3H3,(H,33,35)/b17-8+/t38-/m0/s1. The Hall–Kier alpha value is -3.81. The van der Waals surface area contributed by atoms with E-state index in [-0.39, 0.29) is 12.0 Å². The first-order chi connectivity index (χ1) is 18.4. The lowest BCUT2D eigenvalue weighted by atomic mass is 10.0. The summed E-state index contributed by atoms with van der Waals surface area (Å²) >= 11 is -1.19. The lowest BCUT2D eigenvalue weighted by Crippen LogP contribution is -2.11. The summed E-state index contributed by atoms with van der Waals surface area (Å²) in [6.45, 7) is 6.97. The number of benzene rings is 3. The summed E-state index contributed by atoms with van der Waals surface area (Å²) < 4.78 is 20.6. The van der Waals surface area contributed by atoms with Crippen LogP contribution in [0.3, 0.4) is 0 Å². The van der Waals surface area contributed by atoms with Gasteiger partial charge in [-0.05, 0) is 96.7 Å². The van der Waals surface area contributed by atoms with Crippen LogP contribution in [0.5, 0.6) is 5.75 Å². The maximum absolute atomic E-state index is 12.8. The Morgan fingerprint density at radius 1 is 1.08 bits per heavy atom. The Labute approximate surface area is 227 Å². The Kier molecular flexibility index (Phi) is 9.40. The maximum atomic E-state index is 12.8. The molecular weight excluding hydrogens is 494 g/mol. The van der Waals surface area contributed by atoms with Crippen LogP contribution in [-0.4, -0.2) is 26.1 Å². The third-order valence-electron chi connectivity index (χ3n) is 5.80. The molecule has 4 rings (SSSR count). The normalized spacial score (nSPS) is 12.1. The van der Waals surface area contributed by atoms with Crippen LogP contribution in [0.2, 0.25) is 0 Å². The number of rotatable bonds is 11. The van der Waals surface area contributed by atoms with Crippen molar-refractivity contribution in [3.05, 3.63) is 103 Å². The molecule has 0 radical (unpaired) electrons. The number of imidazole rings is 1. The van der Waals surface area contributed by atoms with Gasteiger partial charge >= 0.3 is 0 Å². The molecule has 1 N–H and O–H groups in total. The molecule has 3 aromatic carbocycles. The monoisotopic (exact) mass is 527 g/mol. The molecule has 1 atom stereocenters. The lowest BCUT2D eigenvalue weighted by molar-refractivity contribution is -0.111. The van der Waals surface area contributed by atoms with Gasteiger partial charge in [0.1, 0.15) is 5.75 Å². The van der Waals surface area contributed by atoms with Gasteiger partial charge in [0.2, 0.25) is 5.91 Å². The fourth-order valence-corrected chi connectivity index (χ4v) is 5.11. The molecule has 0 aliphatic carbocycles. The number of carbonyl (C=O) groups is 1. The molecule has 0 aliphatic rings. The van der Waals surface area contributed by atoms with Gasteiger partial charge in [-0.2, -0.15) is 0 Å². The number of nitrogens with zero attached hydrogens (tertiary/aromatic N) is 2. The van der Waals surface area contributed by atoms with Gasteiger partial charge in [0, 0.05) is 18.3 Å². The predicted octanol–water partition coefficient (Wildman–Crippen LogP) is 6.71. The molecule has 1 aromatic heterocycles. The molecule has 196 valence electrons. The van der Waals surface area contributed by atoms with E-state index < -0.39 is 11.2 Å². The second-order valence-corrected chi connectivity index (χ2v) is 10.7. The quantitative estimate of drug-likeness (QED) is 0.174. The minimum atomic E-state index is -1.19. The van der Waals surface area contributed by atoms with Crippen molar-refractivity contribution in [2.24, 2.45) is 0 Å². The zero-order valence-corrected chi connectivity index (χ0v) is 22.8. The molecule has 0 fully saturated rings. The Balaban J connectivity index is 1.34. The van der Waals surface area contributed by atoms with E-state index in [0.717, 1.165) is 41.1 Å². The number of ether oxygens (including phenoxy) is 1. The highest BCUT2D eigenvalue weighted by Gasteiger charge is 2.15. The van der Waals surface area contributed by atoms with Crippen molar-refractivity contribution in [2.45, 2.75) is 50.5 Å². The van der Waals surface area contributed by atoms with E-state index in [1.54, 1.807) is 42.9 Å². The van der Waals surface area contributed by atoms with E-state index in [4.69, 9.17) is 4.74 Å². The molecule has 0 bridgehead atoms. The Morgan fingerprint density at radius 3 is 2.55 bits per heavy atom. The summed E-state index contributed by atoms with van der Waals surface area (Å²) in [7, 11) is 0. The van der Waals surface area contributed by atoms with Crippen LogP contribution < -0.4 is 10.1 Å². The van der Waals surface area contributed by atoms with E-state index >= 15 is 0 Å². The molecule has 38 heavy (non-hydrogen) atoms. The van der Waals surface area contributed by atoms with Crippen LogP contribution >= 0.6 is 0 Å². The van der Waals surface area contributed by atoms with Crippen molar-refractivity contribution in [3.8, 4) is 16.9 Å². The van der Waals surface area contributed by atoms with Gasteiger partial charge in [-0.1, -0.05) is 37.3 Å². The summed E-state index contributed by atoms with van der Waals surface area (Å²) in [6.07, 6.45) is 7.97. The molecule has 0 spiro atoms. The molecule has 6 nitrogen and oxygen atoms in total. The average molecular weight is 528 g/mol. The summed E-state index contributed by atoms with van der Waals surface area (Å²) in [5, 5.41) is 2.87. The molecule has 0 saturated carbocycles. The highest BCUT2D eigenvalue weighted by molar-refractivity contribution is 7.90. The van der Waals surface area contributed by atoms with E-state index in [1.165, 1.54) is 6.08 Å². The van der Waals surface area contributed by atoms with Crippen molar-refractivity contribution in [1.82, 2.24) is 9.55 Å². The van der Waals surface area contributed by atoms with Gasteiger partial charge in [0.05, 0.1) is 24.3 Å². The maximum Gasteiger partial charge on any atom is 0.248 e. The van der Waals surface area contributed by atoms with Gasteiger partial charge in [-0.3, -0.25) is 4.79 Å². The number of aromatic nitrogens is 2. The van der Waals surface area contributed by atoms with Crippen molar-refractivity contribution in [1.29, 1.82) is 0 Å². The average Bonchev–Trinajstić information content (AvgIpc) is 3.35. The minimum Gasteiger partial charge on any atom is -0.611 e. The molecule has 0 unspecified atom stereocenters. The number of hydrogen-bond acceptors (Lipinski definition) is 4. The van der Waals surface area contributed by atoms with Gasteiger partial charge in [-0.15, -0.1) is 0 Å². The second-order valence-electron chi connectivity index (χ2n) is 9.23. The van der Waals surface area contributed by atoms with Crippen LogP contribution in [0.25, 0.3) is 17.2 Å². The zero-order valence-electron chi connectivity index (χ0n) is 22.0. The first-order valence-corrected chi connectivity index (χ1v) is 14.1. The largest absolute Gasteiger partial charge is 0.611 e. The number of aryl methyl sites for hydroxylation is 1. The molecule has 0 aliphatic heterocycles. The van der Waals surface area contributed by atoms with Crippen LogP contribution in [0.4, 0.5) is 5.69 Å². The van der Waals surface area contributed by atoms with Crippen molar-refractivity contribution < 1.29 is 14.1 Å². The second kappa shape index (κ2) is 13.1. The third-order valence-corrected chi connectivity index (χ3v) is 7.16. The van der Waals surface area contributed by atoms with E-state index in [2.05, 4.69) is 17.2 Å². The van der Waals surface area contributed by atoms with Gasteiger partial charge < -0.3 is 19.2 Å². The number of anilines is 1. The summed E-state index contributed by atoms with van der Waals surface area (Å²) in [5.41, 5.74) is 4.66. The molecular formula is C31H33N3O3S. The van der Waals surface area contributed by atoms with Crippen molar-refractivity contribution in [2.75, 3.05) is 5.32 Å². The first-order valence-electron chi connectivity index (χ1n) is 12.7. The van der Waals surface area contributed by atoms with Crippen LogP contribution in [-0.2, 0) is 28.3 Å². The number of carbonyl (C=O) groups excluding carboxylic acids is 1. The molecule has 1 heterocycles. The Bertz CT molecular complexity index is 1360. The van der Waals surface area contributed by atoms with Gasteiger partial charge in [-0.25, -0.2) is 4.98 Å². The van der Waals surface area contributed by atoms with Gasteiger partial charge in [0.25, 0.3) is 0 Å². The summed E-state index contributed by atoms with van der Waals surface area (Å²) in [6, 6.07) is 23.1. The molecule has 1 amide bonds. The molecule has 7 heteroatoms. The van der Waals surface area contributed by atoms with E-state index in [1.807, 2.05) is 66.9 Å². The topological polar surface area (TPSA) is 79.2 Å². The lowest BCUT2D eigenvalue weighted by Gasteiger charge is -2.12. The van der Waals surface area contributed by atoms with Crippen molar-refractivity contribution in [3.63, 3.8) is 0 Å². The van der Waals surface area contributed by atoms with Crippen molar-refractivity contribution >= 4 is 28.8 Å². The van der Waals surface area contributed by atoms with E-state index in [9.17, 15) is 9.35 Å². The number of hydrogen-bond donors (Lipinski definition) is 1.